The SMILES string of the molecule is COc1c(CN(C)CC(F)F)cc(O)c2c1C[C@H]1C[C@H]3[C@H](N(C)C)C(=O)C(C(N)=O)=C(O)[C@@]3(O)C(=O)C1=C2O. The van der Waals surface area contributed by atoms with Crippen LogP contribution in [-0.2, 0) is 27.3 Å². The fraction of sp³-hybridized carbons (Fsp3) is 0.500. The van der Waals surface area contributed by atoms with E-state index in [2.05, 4.69) is 0 Å². The largest absolute Gasteiger partial charge is 0.508 e. The highest BCUT2D eigenvalue weighted by atomic mass is 19.3. The summed E-state index contributed by atoms with van der Waals surface area (Å²) in [6, 6.07) is 0.0398. The Bertz CT molecular complexity index is 1320. The monoisotopic (exact) mass is 551 g/mol. The number of ketones is 2. The number of hydrogen-bond donors (Lipinski definition) is 5. The zero-order valence-electron chi connectivity index (χ0n) is 21.9. The number of alkyl halides is 2. The molecule has 0 heterocycles. The van der Waals surface area contributed by atoms with Crippen molar-refractivity contribution in [3.05, 3.63) is 39.7 Å². The molecule has 0 aliphatic heterocycles. The second-order valence-corrected chi connectivity index (χ2v) is 10.5. The summed E-state index contributed by atoms with van der Waals surface area (Å²) in [7, 11) is 5.84. The molecule has 3 aliphatic rings. The molecule has 0 aromatic heterocycles. The molecule has 212 valence electrons. The number of aliphatic hydroxyl groups is 3. The number of nitrogens with two attached hydrogens (primary N) is 1. The lowest BCUT2D eigenvalue weighted by Gasteiger charge is -2.50. The van der Waals surface area contributed by atoms with Gasteiger partial charge in [0.1, 0.15) is 28.6 Å². The lowest BCUT2D eigenvalue weighted by molar-refractivity contribution is -0.153. The predicted octanol–water partition coefficient (Wildman–Crippen LogP) is 0.670. The van der Waals surface area contributed by atoms with Crippen LogP contribution in [0.1, 0.15) is 23.1 Å². The molecule has 0 unspecified atom stereocenters. The first-order chi connectivity index (χ1) is 18.2. The van der Waals surface area contributed by atoms with Gasteiger partial charge in [-0.25, -0.2) is 8.78 Å². The summed E-state index contributed by atoms with van der Waals surface area (Å²) in [4.78, 5) is 41.8. The molecule has 1 amide bonds. The van der Waals surface area contributed by atoms with Gasteiger partial charge in [0.15, 0.2) is 11.4 Å². The number of benzene rings is 1. The van der Waals surface area contributed by atoms with E-state index in [-0.39, 0.29) is 36.3 Å². The average molecular weight is 552 g/mol. The van der Waals surface area contributed by atoms with E-state index in [9.17, 15) is 43.6 Å². The van der Waals surface area contributed by atoms with Crippen LogP contribution in [0, 0.1) is 11.8 Å². The standard InChI is InChI=1S/C26H31F2N3O8/c1-30(2)19-13-6-10-5-12-17(14(32)7-11(22(12)39-4)8-31(3)9-15(27)28)20(33)16(10)23(35)26(13,38)24(36)18(21(19)34)25(29)37/h7,10,13,15,19,32-33,36,38H,5-6,8-9H2,1-4H3,(H2,29,37)/t10-,13-,19-,26-/m0/s1. The van der Waals surface area contributed by atoms with Crippen molar-refractivity contribution in [3.63, 3.8) is 0 Å². The van der Waals surface area contributed by atoms with E-state index in [1.165, 1.54) is 44.1 Å². The van der Waals surface area contributed by atoms with Crippen molar-refractivity contribution < 1.29 is 48.3 Å². The number of hydrogen-bond acceptors (Lipinski definition) is 10. The first-order valence-corrected chi connectivity index (χ1v) is 12.2. The Morgan fingerprint density at radius 3 is 2.41 bits per heavy atom. The van der Waals surface area contributed by atoms with E-state index in [0.717, 1.165) is 0 Å². The van der Waals surface area contributed by atoms with Crippen molar-refractivity contribution in [2.75, 3.05) is 34.8 Å². The number of aliphatic hydroxyl groups excluding tert-OH is 2. The normalized spacial score (nSPS) is 26.8. The zero-order chi connectivity index (χ0) is 29.1. The lowest BCUT2D eigenvalue weighted by atomic mass is 9.57. The number of phenols is 1. The van der Waals surface area contributed by atoms with Crippen LogP contribution in [0.4, 0.5) is 8.78 Å². The molecule has 11 nitrogen and oxygen atoms in total. The van der Waals surface area contributed by atoms with Crippen LogP contribution in [-0.4, -0.2) is 101 Å². The van der Waals surface area contributed by atoms with Crippen molar-refractivity contribution in [1.82, 2.24) is 9.80 Å². The number of amides is 1. The number of halogens is 2. The van der Waals surface area contributed by atoms with Gasteiger partial charge in [-0.3, -0.25) is 24.2 Å². The highest BCUT2D eigenvalue weighted by Gasteiger charge is 2.64. The maximum Gasteiger partial charge on any atom is 0.255 e. The van der Waals surface area contributed by atoms with Crippen LogP contribution in [0.3, 0.4) is 0 Å². The summed E-state index contributed by atoms with van der Waals surface area (Å²) in [5.41, 5.74) is 1.96. The Morgan fingerprint density at radius 2 is 1.87 bits per heavy atom. The summed E-state index contributed by atoms with van der Waals surface area (Å²) in [6.07, 6.45) is -2.64. The summed E-state index contributed by atoms with van der Waals surface area (Å²) in [5, 5.41) is 44.6. The fourth-order valence-electron chi connectivity index (χ4n) is 6.32. The molecule has 1 saturated carbocycles. The third kappa shape index (κ3) is 4.24. The fourth-order valence-corrected chi connectivity index (χ4v) is 6.32. The van der Waals surface area contributed by atoms with Crippen molar-refractivity contribution in [2.45, 2.75) is 37.5 Å². The minimum absolute atomic E-state index is 0.0105. The second-order valence-electron chi connectivity index (χ2n) is 10.5. The van der Waals surface area contributed by atoms with Crippen LogP contribution in [0.2, 0.25) is 0 Å². The molecule has 4 rings (SSSR count). The van der Waals surface area contributed by atoms with Gasteiger partial charge in [0.2, 0.25) is 5.78 Å². The molecule has 13 heteroatoms. The summed E-state index contributed by atoms with van der Waals surface area (Å²) < 4.78 is 31.3. The van der Waals surface area contributed by atoms with Crippen molar-refractivity contribution in [2.24, 2.45) is 17.6 Å². The van der Waals surface area contributed by atoms with E-state index in [4.69, 9.17) is 10.5 Å². The zero-order valence-corrected chi connectivity index (χ0v) is 21.9. The number of phenolic OH excluding ortho intramolecular Hbond substituents is 1. The van der Waals surface area contributed by atoms with Crippen LogP contribution in [0.5, 0.6) is 11.5 Å². The summed E-state index contributed by atoms with van der Waals surface area (Å²) in [6.45, 7) is -0.540. The lowest BCUT2D eigenvalue weighted by Crippen LogP contribution is -2.65. The molecule has 0 saturated heterocycles. The van der Waals surface area contributed by atoms with E-state index >= 15 is 0 Å². The third-order valence-corrected chi connectivity index (χ3v) is 7.84. The van der Waals surface area contributed by atoms with Gasteiger partial charge in [-0.05, 0) is 46.0 Å². The van der Waals surface area contributed by atoms with Gasteiger partial charge in [0.25, 0.3) is 12.3 Å². The van der Waals surface area contributed by atoms with Crippen molar-refractivity contribution in [1.29, 1.82) is 0 Å². The Balaban J connectivity index is 1.90. The van der Waals surface area contributed by atoms with Gasteiger partial charge < -0.3 is 30.9 Å². The number of fused-ring (bicyclic) bond motifs is 3. The number of Topliss-reactive ketones (excluding diaryl/α,β-unsaturated/α-hetero) is 2. The van der Waals surface area contributed by atoms with E-state index < -0.39 is 76.8 Å². The number of nitrogens with zero attached hydrogens (tertiary/aromatic N) is 2. The minimum atomic E-state index is -2.73. The second kappa shape index (κ2) is 9.88. The molecule has 1 fully saturated rings. The first kappa shape index (κ1) is 28.5. The number of carbonyl (C=O) groups is 3. The quantitative estimate of drug-likeness (QED) is 0.303. The molecule has 1 aromatic carbocycles. The number of carbonyl (C=O) groups excluding carboxylic acids is 3. The Labute approximate surface area is 222 Å². The topological polar surface area (TPSA) is 174 Å². The molecule has 1 aromatic rings. The van der Waals surface area contributed by atoms with Gasteiger partial charge in [0, 0.05) is 29.2 Å². The minimum Gasteiger partial charge on any atom is -0.508 e. The predicted molar refractivity (Wildman–Crippen MR) is 133 cm³/mol. The third-order valence-electron chi connectivity index (χ3n) is 7.84. The number of rotatable bonds is 7. The number of methoxy groups -OCH3 is 1. The molecular weight excluding hydrogens is 520 g/mol. The average Bonchev–Trinajstić information content (AvgIpc) is 2.80. The smallest absolute Gasteiger partial charge is 0.255 e. The molecule has 0 bridgehead atoms. The summed E-state index contributed by atoms with van der Waals surface area (Å²) >= 11 is 0. The molecule has 0 radical (unpaired) electrons. The van der Waals surface area contributed by atoms with Crippen LogP contribution >= 0.6 is 0 Å². The molecule has 39 heavy (non-hydrogen) atoms. The molecule has 4 atom stereocenters. The first-order valence-electron chi connectivity index (χ1n) is 12.2. The highest BCUT2D eigenvalue weighted by Crippen LogP contribution is 2.54. The summed E-state index contributed by atoms with van der Waals surface area (Å²) in [5.74, 6) is -7.32. The van der Waals surface area contributed by atoms with Crippen LogP contribution in [0.15, 0.2) is 23.0 Å². The maximum atomic E-state index is 13.8. The van der Waals surface area contributed by atoms with Gasteiger partial charge in [-0.15, -0.1) is 0 Å². The number of likely N-dealkylation sites (N-methyl/N-ethyl adjacent to an activating group) is 1. The Morgan fingerprint density at radius 1 is 1.23 bits per heavy atom. The Kier molecular flexibility index (Phi) is 7.21. The molecular formula is C26H31F2N3O8. The maximum absolute atomic E-state index is 13.8. The number of aromatic hydroxyl groups is 1. The van der Waals surface area contributed by atoms with E-state index in [0.29, 0.717) is 11.1 Å². The molecule has 6 N–H and O–H groups in total. The molecule has 3 aliphatic carbocycles. The van der Waals surface area contributed by atoms with Gasteiger partial charge in [0.05, 0.1) is 25.3 Å². The van der Waals surface area contributed by atoms with Gasteiger partial charge >= 0.3 is 0 Å². The van der Waals surface area contributed by atoms with Crippen LogP contribution < -0.4 is 10.5 Å². The van der Waals surface area contributed by atoms with Crippen molar-refractivity contribution in [3.8, 4) is 11.5 Å². The highest BCUT2D eigenvalue weighted by molar-refractivity contribution is 6.24. The van der Waals surface area contributed by atoms with E-state index in [1.54, 1.807) is 0 Å². The Hall–Kier alpha value is -3.55. The number of primary amides is 1. The number of ether oxygens (including phenoxy) is 1. The van der Waals surface area contributed by atoms with Crippen molar-refractivity contribution >= 4 is 23.2 Å². The van der Waals surface area contributed by atoms with Gasteiger partial charge in [-0.1, -0.05) is 0 Å². The van der Waals surface area contributed by atoms with E-state index in [1.807, 2.05) is 0 Å². The molecule has 0 spiro atoms. The van der Waals surface area contributed by atoms with Crippen LogP contribution in [0.25, 0.3) is 5.76 Å². The van der Waals surface area contributed by atoms with Gasteiger partial charge in [-0.2, -0.15) is 0 Å².